The Labute approximate surface area is 383 Å². The van der Waals surface area contributed by atoms with E-state index >= 15 is 0 Å². The number of ether oxygens (including phenoxy) is 9. The number of rotatable bonds is 16. The molecule has 4 rings (SSSR count). The summed E-state index contributed by atoms with van der Waals surface area (Å²) in [5.74, 6) is -2.04. The summed E-state index contributed by atoms with van der Waals surface area (Å²) in [6.45, 7) is 15.2. The molecule has 2 fully saturated rings. The second-order valence-corrected chi connectivity index (χ2v) is 19.6. The zero-order valence-corrected chi connectivity index (χ0v) is 39.4. The lowest BCUT2D eigenvalue weighted by molar-refractivity contribution is -0.294. The highest BCUT2D eigenvalue weighted by atomic mass is 35.5. The molecule has 1 aromatic heterocycles. The number of hydrogen-bond donors (Lipinski definition) is 1. The Hall–Kier alpha value is -4.08. The van der Waals surface area contributed by atoms with Crippen molar-refractivity contribution in [3.05, 3.63) is 35.0 Å². The van der Waals surface area contributed by atoms with Gasteiger partial charge < -0.3 is 42.6 Å². The monoisotopic (exact) mass is 910 g/mol. The molecule has 1 aromatic carbocycles. The number of halogens is 1. The summed E-state index contributed by atoms with van der Waals surface area (Å²) in [6.07, 6.45) is -6.24. The number of hydrogen-bond acceptors (Lipinski definition) is 14. The molecule has 5 atom stereocenters. The number of aromatic nitrogens is 2. The zero-order chi connectivity index (χ0) is 49.9. The molecule has 2 saturated heterocycles. The number of benzene rings is 1. The third kappa shape index (κ3) is 14.5. The van der Waals surface area contributed by atoms with Crippen molar-refractivity contribution >= 4 is 35.5 Å². The smallest absolute Gasteiger partial charge is 0.311 e. The van der Waals surface area contributed by atoms with Gasteiger partial charge in [-0.15, -0.1) is 16.7 Å². The Balaban J connectivity index is 1.91. The van der Waals surface area contributed by atoms with Gasteiger partial charge in [0.2, 0.25) is 18.3 Å². The molecule has 0 spiro atoms. The summed E-state index contributed by atoms with van der Waals surface area (Å²) in [4.78, 5) is 55.3. The van der Waals surface area contributed by atoms with Crippen LogP contribution in [0.1, 0.15) is 144 Å². The molecule has 0 radical (unpaired) electrons. The molecule has 16 heteroatoms. The Kier molecular flexibility index (Phi) is 15.4. The average Bonchev–Trinajstić information content (AvgIpc) is 3.69. The fourth-order valence-corrected chi connectivity index (χ4v) is 6.33. The van der Waals surface area contributed by atoms with Gasteiger partial charge in [-0.2, -0.15) is 0 Å². The van der Waals surface area contributed by atoms with Gasteiger partial charge in [0, 0.05) is 47.9 Å². The molecule has 1 N–H and O–H groups in total. The van der Waals surface area contributed by atoms with Crippen LogP contribution in [0.15, 0.2) is 18.2 Å². The first kappa shape index (κ1) is 45.5. The number of nitrogens with one attached hydrogen (secondary N) is 1. The minimum Gasteiger partial charge on any atom is -0.493 e. The van der Waals surface area contributed by atoms with Crippen LogP contribution < -0.4 is 14.2 Å². The normalized spacial score (nSPS) is 22.2. The maximum atomic E-state index is 14.0. The molecular weight excluding hydrogens is 836 g/mol. The Morgan fingerprint density at radius 1 is 0.825 bits per heavy atom. The first-order valence-electron chi connectivity index (χ1n) is 24.2. The van der Waals surface area contributed by atoms with E-state index in [-0.39, 0.29) is 31.2 Å². The summed E-state index contributed by atoms with van der Waals surface area (Å²) in [7, 11) is 0. The predicted molar refractivity (Wildman–Crippen MR) is 235 cm³/mol. The SMILES string of the molecule is [2H]CC(C)(C)C(=O)OC[C@H]1OC(Oc2n[nH]c(C(C)C)c2Cc2ccc(OCCCCl)cc2OC2CCOCC2)[C@H](OC(=O)C(C)(C)C[2H])[C@@H](OC(=O)C(C)(C)C[2H])[C@@H]1OC(=O)C(C)(C)C[2H]. The van der Waals surface area contributed by atoms with Crippen molar-refractivity contribution in [3.63, 3.8) is 0 Å². The van der Waals surface area contributed by atoms with Crippen molar-refractivity contribution in [1.29, 1.82) is 0 Å². The number of carbonyl (C=O) groups excluding carboxylic acids is 4. The van der Waals surface area contributed by atoms with Crippen LogP contribution >= 0.6 is 11.6 Å². The van der Waals surface area contributed by atoms with Gasteiger partial charge in [0.15, 0.2) is 12.2 Å². The molecule has 3 heterocycles. The zero-order valence-electron chi connectivity index (χ0n) is 42.6. The van der Waals surface area contributed by atoms with Gasteiger partial charge >= 0.3 is 23.9 Å². The fourth-order valence-electron chi connectivity index (χ4n) is 6.22. The van der Waals surface area contributed by atoms with E-state index in [4.69, 9.17) is 59.7 Å². The standard InChI is InChI=1S/C47H71ClN2O13/c1-27(2)34-31(24-28-16-17-30(56-21-15-20-48)25-32(28)58-29-18-22-55-23-19-29)38(50-49-34)63-39-37(62-43(54)47(12,13)14)36(61-42(53)46(9,10)11)35(60-41(52)45(6,7)8)33(59-39)26-57-40(51)44(3,4)5/h16-17,25,27,29,33,35-37,39H,15,18-24,26H2,1-14H3,(H,49,50)/t33-,35-,36+,37-,39?/m1/s1/i3D,6D,9D,12D. The molecule has 2 aromatic rings. The van der Waals surface area contributed by atoms with Gasteiger partial charge in [0.05, 0.1) is 41.5 Å². The van der Waals surface area contributed by atoms with Crippen molar-refractivity contribution in [2.24, 2.45) is 21.7 Å². The number of alkyl halides is 1. The second kappa shape index (κ2) is 21.3. The van der Waals surface area contributed by atoms with E-state index in [9.17, 15) is 19.2 Å². The lowest BCUT2D eigenvalue weighted by Gasteiger charge is -2.45. The Morgan fingerprint density at radius 2 is 1.40 bits per heavy atom. The second-order valence-electron chi connectivity index (χ2n) is 19.2. The van der Waals surface area contributed by atoms with Crippen LogP contribution in [-0.4, -0.2) is 103 Å². The number of carbonyl (C=O) groups is 4. The highest BCUT2D eigenvalue weighted by Crippen LogP contribution is 2.38. The van der Waals surface area contributed by atoms with Crippen LogP contribution in [0.2, 0.25) is 0 Å². The van der Waals surface area contributed by atoms with Gasteiger partial charge in [-0.05, 0) is 107 Å². The average molecular weight is 912 g/mol. The van der Waals surface area contributed by atoms with Crippen molar-refractivity contribution in [2.75, 3.05) is 32.3 Å². The minimum atomic E-state index is -1.74. The Morgan fingerprint density at radius 3 is 1.97 bits per heavy atom. The van der Waals surface area contributed by atoms with E-state index in [0.717, 1.165) is 5.56 Å². The summed E-state index contributed by atoms with van der Waals surface area (Å²) in [6, 6.07) is 5.55. The maximum Gasteiger partial charge on any atom is 0.311 e. The van der Waals surface area contributed by atoms with Crippen LogP contribution in [-0.2, 0) is 54.0 Å². The molecule has 354 valence electrons. The van der Waals surface area contributed by atoms with Gasteiger partial charge in [-0.1, -0.05) is 19.9 Å². The molecule has 0 bridgehead atoms. The molecule has 1 unspecified atom stereocenters. The lowest BCUT2D eigenvalue weighted by Crippen LogP contribution is -2.65. The van der Waals surface area contributed by atoms with Gasteiger partial charge in [0.1, 0.15) is 30.3 Å². The van der Waals surface area contributed by atoms with Crippen LogP contribution in [0, 0.1) is 21.7 Å². The van der Waals surface area contributed by atoms with Gasteiger partial charge in [-0.3, -0.25) is 24.3 Å². The third-order valence-corrected chi connectivity index (χ3v) is 10.3. The van der Waals surface area contributed by atoms with E-state index in [1.54, 1.807) is 0 Å². The molecule has 2 aliphatic heterocycles. The van der Waals surface area contributed by atoms with Crippen LogP contribution in [0.5, 0.6) is 17.4 Å². The first-order valence-corrected chi connectivity index (χ1v) is 21.9. The minimum absolute atomic E-state index is 0.00221. The molecule has 0 saturated carbocycles. The van der Waals surface area contributed by atoms with E-state index in [1.807, 2.05) is 32.0 Å². The van der Waals surface area contributed by atoms with Crippen LogP contribution in [0.4, 0.5) is 0 Å². The lowest BCUT2D eigenvalue weighted by atomic mass is 9.93. The number of esters is 4. The van der Waals surface area contributed by atoms with E-state index < -0.39 is 104 Å². The maximum absolute atomic E-state index is 14.0. The summed E-state index contributed by atoms with van der Waals surface area (Å²) in [5, 5.41) is 7.66. The first-order chi connectivity index (χ1) is 31.4. The molecule has 0 amide bonds. The summed E-state index contributed by atoms with van der Waals surface area (Å²) < 4.78 is 87.7. The van der Waals surface area contributed by atoms with E-state index in [1.165, 1.54) is 55.4 Å². The number of aromatic amines is 1. The topological polar surface area (TPSA) is 180 Å². The molecule has 2 aliphatic rings. The largest absolute Gasteiger partial charge is 0.493 e. The molecule has 63 heavy (non-hydrogen) atoms. The quantitative estimate of drug-likeness (QED) is 0.0736. The van der Waals surface area contributed by atoms with Crippen molar-refractivity contribution in [3.8, 4) is 17.4 Å². The third-order valence-electron chi connectivity index (χ3n) is 9.99. The Bertz CT molecular complexity index is 1970. The molecule has 0 aliphatic carbocycles. The van der Waals surface area contributed by atoms with Crippen molar-refractivity contribution in [1.82, 2.24) is 10.2 Å². The van der Waals surface area contributed by atoms with Gasteiger partial charge in [-0.25, -0.2) is 0 Å². The summed E-state index contributed by atoms with van der Waals surface area (Å²) in [5.41, 5.74) is -3.47. The van der Waals surface area contributed by atoms with Crippen molar-refractivity contribution < 1.29 is 67.3 Å². The van der Waals surface area contributed by atoms with Crippen molar-refractivity contribution in [2.45, 2.75) is 165 Å². The fraction of sp³-hybridized carbons (Fsp3) is 0.723. The molecular formula is C47H71ClN2O13. The van der Waals surface area contributed by atoms with Crippen LogP contribution in [0.3, 0.4) is 0 Å². The highest BCUT2D eigenvalue weighted by Gasteiger charge is 2.56. The van der Waals surface area contributed by atoms with Gasteiger partial charge in [0.25, 0.3) is 0 Å². The summed E-state index contributed by atoms with van der Waals surface area (Å²) >= 11 is 5.92. The number of H-pyrrole nitrogens is 1. The van der Waals surface area contributed by atoms with Crippen LogP contribution in [0.25, 0.3) is 0 Å². The highest BCUT2D eigenvalue weighted by molar-refractivity contribution is 6.17. The molecule has 15 nitrogen and oxygen atoms in total. The van der Waals surface area contributed by atoms with E-state index in [0.29, 0.717) is 67.7 Å². The predicted octanol–water partition coefficient (Wildman–Crippen LogP) is 8.26. The van der Waals surface area contributed by atoms with E-state index in [2.05, 4.69) is 10.2 Å². The number of nitrogens with zero attached hydrogens (tertiary/aromatic N) is 1.